The van der Waals surface area contributed by atoms with E-state index in [0.29, 0.717) is 0 Å². The van der Waals surface area contributed by atoms with Crippen LogP contribution in [0.15, 0.2) is 18.2 Å². The predicted molar refractivity (Wildman–Crippen MR) is 79.4 cm³/mol. The van der Waals surface area contributed by atoms with E-state index in [1.807, 2.05) is 32.0 Å². The maximum Gasteiger partial charge on any atom is 0.101 e. The quantitative estimate of drug-likeness (QED) is 0.844. The number of aryl methyl sites for hydroxylation is 1. The Kier molecular flexibility index (Phi) is 4.61. The van der Waals surface area contributed by atoms with Gasteiger partial charge in [-0.1, -0.05) is 13.0 Å². The Morgan fingerprint density at radius 3 is 2.45 bits per heavy atom. The zero-order valence-corrected chi connectivity index (χ0v) is 12.1. The molecule has 0 spiro atoms. The molecule has 1 aliphatic heterocycles. The van der Waals surface area contributed by atoms with Gasteiger partial charge in [0.2, 0.25) is 0 Å². The average Bonchev–Trinajstić information content (AvgIpc) is 2.49. The van der Waals surface area contributed by atoms with Crippen molar-refractivity contribution < 1.29 is 0 Å². The number of hydrogen-bond donors (Lipinski definition) is 0. The van der Waals surface area contributed by atoms with Crippen molar-refractivity contribution in [3.8, 4) is 12.1 Å². The van der Waals surface area contributed by atoms with Crippen molar-refractivity contribution in [2.24, 2.45) is 0 Å². The second kappa shape index (κ2) is 6.41. The van der Waals surface area contributed by atoms with E-state index in [-0.39, 0.29) is 6.04 Å². The fourth-order valence-electron chi connectivity index (χ4n) is 2.72. The molecule has 104 valence electrons. The van der Waals surface area contributed by atoms with Crippen molar-refractivity contribution in [1.82, 2.24) is 4.90 Å². The Balaban J connectivity index is 2.08. The number of rotatable bonds is 3. The minimum atomic E-state index is 0.0191. The van der Waals surface area contributed by atoms with Crippen LogP contribution in [-0.4, -0.2) is 37.1 Å². The van der Waals surface area contributed by atoms with E-state index in [0.717, 1.165) is 49.4 Å². The average molecular weight is 268 g/mol. The van der Waals surface area contributed by atoms with Crippen LogP contribution in [0.5, 0.6) is 0 Å². The summed E-state index contributed by atoms with van der Waals surface area (Å²) in [7, 11) is 0. The molecule has 2 rings (SSSR count). The summed E-state index contributed by atoms with van der Waals surface area (Å²) in [6.45, 7) is 7.55. The van der Waals surface area contributed by atoms with Crippen LogP contribution in [0.2, 0.25) is 0 Å². The summed E-state index contributed by atoms with van der Waals surface area (Å²) in [4.78, 5) is 4.48. The lowest BCUT2D eigenvalue weighted by atomic mass is 10.1. The normalized spacial score (nSPS) is 17.3. The summed E-state index contributed by atoms with van der Waals surface area (Å²) < 4.78 is 0. The van der Waals surface area contributed by atoms with E-state index in [1.54, 1.807) is 0 Å². The fraction of sp³-hybridized carbons (Fsp3) is 0.500. The van der Waals surface area contributed by atoms with Crippen molar-refractivity contribution in [3.05, 3.63) is 29.3 Å². The Morgan fingerprint density at radius 2 is 1.90 bits per heavy atom. The summed E-state index contributed by atoms with van der Waals surface area (Å²) in [5.74, 6) is 0. The zero-order valence-electron chi connectivity index (χ0n) is 12.1. The maximum atomic E-state index is 9.26. The first-order valence-electron chi connectivity index (χ1n) is 7.09. The lowest BCUT2D eigenvalue weighted by Gasteiger charge is -2.38. The molecule has 1 aromatic carbocycles. The van der Waals surface area contributed by atoms with Gasteiger partial charge in [0.05, 0.1) is 23.4 Å². The van der Waals surface area contributed by atoms with Crippen molar-refractivity contribution >= 4 is 5.69 Å². The monoisotopic (exact) mass is 268 g/mol. The highest BCUT2D eigenvalue weighted by Crippen LogP contribution is 2.23. The summed E-state index contributed by atoms with van der Waals surface area (Å²) in [5.41, 5.74) is 2.87. The summed E-state index contributed by atoms with van der Waals surface area (Å²) in [6, 6.07) is 10.7. The number of piperazine rings is 1. The molecule has 1 saturated heterocycles. The molecule has 0 N–H and O–H groups in total. The lowest BCUT2D eigenvalue weighted by Crippen LogP contribution is -2.50. The van der Waals surface area contributed by atoms with E-state index < -0.39 is 0 Å². The minimum Gasteiger partial charge on any atom is -0.368 e. The Labute approximate surface area is 120 Å². The van der Waals surface area contributed by atoms with E-state index in [2.05, 4.69) is 21.9 Å². The van der Waals surface area contributed by atoms with Crippen molar-refractivity contribution in [1.29, 1.82) is 10.5 Å². The molecule has 0 radical (unpaired) electrons. The Hall–Kier alpha value is -2.04. The van der Waals surface area contributed by atoms with Gasteiger partial charge in [-0.2, -0.15) is 10.5 Å². The largest absolute Gasteiger partial charge is 0.368 e. The molecule has 1 heterocycles. The van der Waals surface area contributed by atoms with E-state index in [9.17, 15) is 5.26 Å². The van der Waals surface area contributed by atoms with Gasteiger partial charge in [-0.25, -0.2) is 0 Å². The predicted octanol–water partition coefficient (Wildman–Crippen LogP) is 2.29. The molecule has 0 aromatic heterocycles. The first-order valence-corrected chi connectivity index (χ1v) is 7.09. The number of nitriles is 2. The molecule has 1 unspecified atom stereocenters. The Bertz CT molecular complexity index is 545. The topological polar surface area (TPSA) is 54.1 Å². The van der Waals surface area contributed by atoms with E-state index in [1.165, 1.54) is 0 Å². The van der Waals surface area contributed by atoms with Crippen LogP contribution in [0.25, 0.3) is 0 Å². The number of benzene rings is 1. The van der Waals surface area contributed by atoms with Gasteiger partial charge in [-0.15, -0.1) is 0 Å². The third kappa shape index (κ3) is 2.92. The molecule has 0 amide bonds. The third-order valence-electron chi connectivity index (χ3n) is 3.90. The van der Waals surface area contributed by atoms with Crippen molar-refractivity contribution in [2.75, 3.05) is 31.1 Å². The standard InChI is InChI=1S/C16H20N4/c1-3-15(12-18)19-6-8-20(9-7-19)16-5-4-13(2)10-14(16)11-17/h4-5,10,15H,3,6-9H2,1-2H3. The molecule has 4 nitrogen and oxygen atoms in total. The van der Waals surface area contributed by atoms with Crippen LogP contribution in [0.1, 0.15) is 24.5 Å². The smallest absolute Gasteiger partial charge is 0.101 e. The minimum absolute atomic E-state index is 0.0191. The molecule has 0 bridgehead atoms. The van der Waals surface area contributed by atoms with Gasteiger partial charge in [-0.3, -0.25) is 4.90 Å². The zero-order chi connectivity index (χ0) is 14.5. The molecule has 1 atom stereocenters. The molecule has 1 aliphatic rings. The first kappa shape index (κ1) is 14.4. The fourth-order valence-corrected chi connectivity index (χ4v) is 2.72. The van der Waals surface area contributed by atoms with Crippen LogP contribution in [-0.2, 0) is 0 Å². The van der Waals surface area contributed by atoms with Gasteiger partial charge < -0.3 is 4.90 Å². The first-order chi connectivity index (χ1) is 9.69. The number of anilines is 1. The van der Waals surface area contributed by atoms with Crippen LogP contribution >= 0.6 is 0 Å². The van der Waals surface area contributed by atoms with Crippen molar-refractivity contribution in [2.45, 2.75) is 26.3 Å². The molecule has 20 heavy (non-hydrogen) atoms. The van der Waals surface area contributed by atoms with Gasteiger partial charge in [0.15, 0.2) is 0 Å². The van der Waals surface area contributed by atoms with Crippen LogP contribution in [0.4, 0.5) is 5.69 Å². The molecular formula is C16H20N4. The maximum absolute atomic E-state index is 9.26. The molecule has 4 heteroatoms. The van der Waals surface area contributed by atoms with Gasteiger partial charge in [0.25, 0.3) is 0 Å². The van der Waals surface area contributed by atoms with Crippen LogP contribution < -0.4 is 4.90 Å². The van der Waals surface area contributed by atoms with Crippen LogP contribution in [0.3, 0.4) is 0 Å². The molecule has 0 saturated carbocycles. The number of hydrogen-bond acceptors (Lipinski definition) is 4. The second-order valence-electron chi connectivity index (χ2n) is 5.21. The number of nitrogens with zero attached hydrogens (tertiary/aromatic N) is 4. The van der Waals surface area contributed by atoms with Crippen molar-refractivity contribution in [3.63, 3.8) is 0 Å². The summed E-state index contributed by atoms with van der Waals surface area (Å²) in [6.07, 6.45) is 0.866. The third-order valence-corrected chi connectivity index (χ3v) is 3.90. The van der Waals surface area contributed by atoms with Crippen LogP contribution in [0, 0.1) is 29.6 Å². The highest BCUT2D eigenvalue weighted by atomic mass is 15.3. The second-order valence-corrected chi connectivity index (χ2v) is 5.21. The highest BCUT2D eigenvalue weighted by Gasteiger charge is 2.23. The molecule has 1 fully saturated rings. The molecular weight excluding hydrogens is 248 g/mol. The highest BCUT2D eigenvalue weighted by molar-refractivity contribution is 5.60. The van der Waals surface area contributed by atoms with E-state index in [4.69, 9.17) is 5.26 Å². The molecule has 1 aromatic rings. The summed E-state index contributed by atoms with van der Waals surface area (Å²) in [5, 5.41) is 18.4. The van der Waals surface area contributed by atoms with Gasteiger partial charge in [-0.05, 0) is 31.0 Å². The lowest BCUT2D eigenvalue weighted by molar-refractivity contribution is 0.216. The van der Waals surface area contributed by atoms with E-state index >= 15 is 0 Å². The van der Waals surface area contributed by atoms with Gasteiger partial charge in [0.1, 0.15) is 6.07 Å². The van der Waals surface area contributed by atoms with Gasteiger partial charge >= 0.3 is 0 Å². The summed E-state index contributed by atoms with van der Waals surface area (Å²) >= 11 is 0. The van der Waals surface area contributed by atoms with Gasteiger partial charge in [0, 0.05) is 26.2 Å². The molecule has 0 aliphatic carbocycles. The Morgan fingerprint density at radius 1 is 1.20 bits per heavy atom. The SMILES string of the molecule is CCC(C#N)N1CCN(c2ccc(C)cc2C#N)CC1.